The Labute approximate surface area is 185 Å². The molecule has 4 aromatic rings. The SMILES string of the molecule is COc1ncc(-c2cnn(Cc3c(C)nnn3-c3ccc(Cl)cc3F)c(=O)c2)cc1Cl. The molecule has 0 fully saturated rings. The number of benzene rings is 1. The molecule has 0 atom stereocenters. The van der Waals surface area contributed by atoms with Gasteiger partial charge >= 0.3 is 0 Å². The Morgan fingerprint density at radius 3 is 2.58 bits per heavy atom. The molecule has 0 aliphatic heterocycles. The summed E-state index contributed by atoms with van der Waals surface area (Å²) in [5.74, 6) is -0.268. The minimum atomic E-state index is -0.557. The normalized spacial score (nSPS) is 11.0. The Bertz CT molecular complexity index is 1340. The van der Waals surface area contributed by atoms with Crippen molar-refractivity contribution in [2.24, 2.45) is 0 Å². The molecule has 3 aromatic heterocycles. The van der Waals surface area contributed by atoms with E-state index in [1.807, 2.05) is 0 Å². The van der Waals surface area contributed by atoms with Crippen LogP contribution in [0, 0.1) is 12.7 Å². The van der Waals surface area contributed by atoms with E-state index >= 15 is 0 Å². The van der Waals surface area contributed by atoms with E-state index in [-0.39, 0.29) is 28.7 Å². The maximum Gasteiger partial charge on any atom is 0.267 e. The van der Waals surface area contributed by atoms with E-state index in [1.54, 1.807) is 19.1 Å². The molecule has 0 spiro atoms. The molecule has 4 rings (SSSR count). The fourth-order valence-corrected chi connectivity index (χ4v) is 3.39. The van der Waals surface area contributed by atoms with E-state index < -0.39 is 5.82 Å². The number of halogens is 3. The van der Waals surface area contributed by atoms with Crippen LogP contribution in [-0.4, -0.2) is 36.9 Å². The van der Waals surface area contributed by atoms with Crippen LogP contribution in [0.25, 0.3) is 16.8 Å². The molecule has 158 valence electrons. The molecule has 0 unspecified atom stereocenters. The molecule has 3 heterocycles. The van der Waals surface area contributed by atoms with Crippen LogP contribution in [0.3, 0.4) is 0 Å². The van der Waals surface area contributed by atoms with Crippen molar-refractivity contribution in [3.8, 4) is 22.7 Å². The highest BCUT2D eigenvalue weighted by molar-refractivity contribution is 6.32. The quantitative estimate of drug-likeness (QED) is 0.451. The van der Waals surface area contributed by atoms with Crippen molar-refractivity contribution < 1.29 is 9.13 Å². The summed E-state index contributed by atoms with van der Waals surface area (Å²) in [4.78, 5) is 16.8. The van der Waals surface area contributed by atoms with Gasteiger partial charge in [0, 0.05) is 28.4 Å². The summed E-state index contributed by atoms with van der Waals surface area (Å²) in [7, 11) is 1.47. The standard InChI is InChI=1S/C20H15Cl2FN6O2/c1-11-18(29(27-26-11)17-4-3-14(21)7-16(17)23)10-28-19(30)6-13(9-25-28)12-5-15(22)20(31-2)24-8-12/h3-9H,10H2,1-2H3. The summed E-state index contributed by atoms with van der Waals surface area (Å²) in [5, 5.41) is 12.8. The Hall–Kier alpha value is -3.30. The molecular weight excluding hydrogens is 446 g/mol. The molecule has 0 amide bonds. The minimum Gasteiger partial charge on any atom is -0.480 e. The van der Waals surface area contributed by atoms with Crippen molar-refractivity contribution in [2.75, 3.05) is 7.11 Å². The van der Waals surface area contributed by atoms with E-state index in [9.17, 15) is 9.18 Å². The van der Waals surface area contributed by atoms with Crippen molar-refractivity contribution in [1.29, 1.82) is 0 Å². The van der Waals surface area contributed by atoms with Gasteiger partial charge in [0.2, 0.25) is 5.88 Å². The van der Waals surface area contributed by atoms with Crippen LogP contribution < -0.4 is 10.3 Å². The van der Waals surface area contributed by atoms with Gasteiger partial charge in [0.05, 0.1) is 31.2 Å². The van der Waals surface area contributed by atoms with Gasteiger partial charge in [-0.25, -0.2) is 18.7 Å². The molecule has 0 bridgehead atoms. The molecule has 0 aliphatic carbocycles. The topological polar surface area (TPSA) is 87.7 Å². The summed E-state index contributed by atoms with van der Waals surface area (Å²) in [6, 6.07) is 7.29. The maximum atomic E-state index is 14.4. The summed E-state index contributed by atoms with van der Waals surface area (Å²) in [6.07, 6.45) is 3.06. The Balaban J connectivity index is 1.68. The second-order valence-electron chi connectivity index (χ2n) is 6.58. The molecule has 0 aliphatic rings. The van der Waals surface area contributed by atoms with Crippen LogP contribution >= 0.6 is 23.2 Å². The predicted molar refractivity (Wildman–Crippen MR) is 113 cm³/mol. The highest BCUT2D eigenvalue weighted by Crippen LogP contribution is 2.27. The Morgan fingerprint density at radius 1 is 1.13 bits per heavy atom. The summed E-state index contributed by atoms with van der Waals surface area (Å²) < 4.78 is 22.0. The predicted octanol–water partition coefficient (Wildman–Crippen LogP) is 3.70. The molecule has 1 aromatic carbocycles. The van der Waals surface area contributed by atoms with E-state index in [0.717, 1.165) is 0 Å². The molecule has 0 saturated heterocycles. The smallest absolute Gasteiger partial charge is 0.267 e. The third kappa shape index (κ3) is 4.14. The van der Waals surface area contributed by atoms with Gasteiger partial charge in [0.25, 0.3) is 5.56 Å². The first kappa shape index (κ1) is 21.0. The van der Waals surface area contributed by atoms with Crippen LogP contribution in [0.1, 0.15) is 11.4 Å². The first-order valence-corrected chi connectivity index (χ1v) is 9.76. The van der Waals surface area contributed by atoms with E-state index in [4.69, 9.17) is 27.9 Å². The van der Waals surface area contributed by atoms with Crippen molar-refractivity contribution in [1.82, 2.24) is 29.8 Å². The summed E-state index contributed by atoms with van der Waals surface area (Å²) in [6.45, 7) is 1.76. The van der Waals surface area contributed by atoms with Crippen molar-refractivity contribution in [3.05, 3.63) is 80.3 Å². The fourth-order valence-electron chi connectivity index (χ4n) is 2.99. The maximum absolute atomic E-state index is 14.4. The lowest BCUT2D eigenvalue weighted by Crippen LogP contribution is -2.24. The fraction of sp³-hybridized carbons (Fsp3) is 0.150. The van der Waals surface area contributed by atoms with Crippen LogP contribution in [0.4, 0.5) is 4.39 Å². The van der Waals surface area contributed by atoms with Crippen LogP contribution in [0.2, 0.25) is 10.0 Å². The molecule has 0 N–H and O–H groups in total. The third-order valence-corrected chi connectivity index (χ3v) is 5.10. The van der Waals surface area contributed by atoms with E-state index in [2.05, 4.69) is 20.4 Å². The molecular formula is C20H15Cl2FN6O2. The van der Waals surface area contributed by atoms with Crippen molar-refractivity contribution >= 4 is 23.2 Å². The van der Waals surface area contributed by atoms with Gasteiger partial charge in [-0.2, -0.15) is 5.10 Å². The number of hydrogen-bond donors (Lipinski definition) is 0. The lowest BCUT2D eigenvalue weighted by molar-refractivity contribution is 0.398. The average Bonchev–Trinajstić information content (AvgIpc) is 3.09. The first-order valence-electron chi connectivity index (χ1n) is 9.01. The zero-order chi connectivity index (χ0) is 22.1. The van der Waals surface area contributed by atoms with Gasteiger partial charge in [-0.3, -0.25) is 4.79 Å². The van der Waals surface area contributed by atoms with Gasteiger partial charge < -0.3 is 4.74 Å². The van der Waals surface area contributed by atoms with Crippen LogP contribution in [-0.2, 0) is 6.54 Å². The van der Waals surface area contributed by atoms with E-state index in [1.165, 1.54) is 47.1 Å². The van der Waals surface area contributed by atoms with Crippen LogP contribution in [0.15, 0.2) is 47.5 Å². The first-order chi connectivity index (χ1) is 14.9. The highest BCUT2D eigenvalue weighted by atomic mass is 35.5. The largest absolute Gasteiger partial charge is 0.480 e. The van der Waals surface area contributed by atoms with Gasteiger partial charge in [-0.15, -0.1) is 5.10 Å². The third-order valence-electron chi connectivity index (χ3n) is 4.60. The van der Waals surface area contributed by atoms with Gasteiger partial charge in [-0.05, 0) is 31.2 Å². The number of aromatic nitrogens is 6. The lowest BCUT2D eigenvalue weighted by atomic mass is 10.1. The second kappa shape index (κ2) is 8.44. The average molecular weight is 461 g/mol. The zero-order valence-corrected chi connectivity index (χ0v) is 17.9. The zero-order valence-electron chi connectivity index (χ0n) is 16.4. The Kier molecular flexibility index (Phi) is 5.71. The van der Waals surface area contributed by atoms with Crippen molar-refractivity contribution in [2.45, 2.75) is 13.5 Å². The summed E-state index contributed by atoms with van der Waals surface area (Å²) >= 11 is 11.9. The van der Waals surface area contributed by atoms with Crippen LogP contribution in [0.5, 0.6) is 5.88 Å². The summed E-state index contributed by atoms with van der Waals surface area (Å²) in [5.41, 5.74) is 2.02. The molecule has 8 nitrogen and oxygen atoms in total. The van der Waals surface area contributed by atoms with Crippen molar-refractivity contribution in [3.63, 3.8) is 0 Å². The highest BCUT2D eigenvalue weighted by Gasteiger charge is 2.16. The Morgan fingerprint density at radius 2 is 1.90 bits per heavy atom. The number of nitrogens with zero attached hydrogens (tertiary/aromatic N) is 6. The monoisotopic (exact) mass is 460 g/mol. The number of pyridine rings is 1. The van der Waals surface area contributed by atoms with Gasteiger partial charge in [-0.1, -0.05) is 28.4 Å². The molecule has 11 heteroatoms. The second-order valence-corrected chi connectivity index (χ2v) is 7.43. The van der Waals surface area contributed by atoms with Gasteiger partial charge in [0.1, 0.15) is 16.5 Å². The number of rotatable bonds is 5. The molecule has 0 saturated carbocycles. The number of methoxy groups -OCH3 is 1. The lowest BCUT2D eigenvalue weighted by Gasteiger charge is -2.10. The molecule has 0 radical (unpaired) electrons. The van der Waals surface area contributed by atoms with Gasteiger partial charge in [0.15, 0.2) is 0 Å². The number of hydrogen-bond acceptors (Lipinski definition) is 6. The minimum absolute atomic E-state index is 0.0433. The number of aryl methyl sites for hydroxylation is 1. The number of ether oxygens (including phenoxy) is 1. The van der Waals surface area contributed by atoms with E-state index in [0.29, 0.717) is 27.5 Å². The molecule has 31 heavy (non-hydrogen) atoms.